The number of nitrogens with one attached hydrogen (secondary N) is 1. The number of amides is 1. The highest BCUT2D eigenvalue weighted by Crippen LogP contribution is 2.23. The summed E-state index contributed by atoms with van der Waals surface area (Å²) in [7, 11) is 0. The Balaban J connectivity index is 2.04. The van der Waals surface area contributed by atoms with E-state index in [9.17, 15) is 30.3 Å². The van der Waals surface area contributed by atoms with Crippen LogP contribution in [0, 0.1) is 0 Å². The molecule has 0 aromatic rings. The topological polar surface area (TPSA) is 149 Å². The Morgan fingerprint density at radius 2 is 0.899 bits per heavy atom. The molecule has 6 N–H and O–H groups in total. The Labute approximate surface area is 420 Å². The zero-order valence-electron chi connectivity index (χ0n) is 43.3. The Kier molecular flexibility index (Phi) is 44.5. The van der Waals surface area contributed by atoms with E-state index in [1.165, 1.54) is 44.9 Å². The van der Waals surface area contributed by atoms with Crippen molar-refractivity contribution < 1.29 is 39.8 Å². The Bertz CT molecular complexity index is 1490. The number of hydrogen-bond donors (Lipinski definition) is 6. The Morgan fingerprint density at radius 3 is 1.33 bits per heavy atom. The number of unbranched alkanes of at least 4 members (excludes halogenated alkanes) is 14. The molecule has 0 aliphatic carbocycles. The third-order valence-electron chi connectivity index (χ3n) is 12.1. The highest BCUT2D eigenvalue weighted by atomic mass is 16.7. The van der Waals surface area contributed by atoms with Crippen molar-refractivity contribution in [1.82, 2.24) is 5.32 Å². The van der Waals surface area contributed by atoms with Gasteiger partial charge in [0.25, 0.3) is 0 Å². The molecule has 1 aliphatic rings. The average Bonchev–Trinajstić information content (AvgIpc) is 3.35. The van der Waals surface area contributed by atoms with Crippen LogP contribution in [0.25, 0.3) is 0 Å². The maximum Gasteiger partial charge on any atom is 0.220 e. The molecule has 9 nitrogen and oxygen atoms in total. The summed E-state index contributed by atoms with van der Waals surface area (Å²) in [6.07, 6.45) is 65.8. The minimum absolute atomic E-state index is 0.148. The van der Waals surface area contributed by atoms with Crippen LogP contribution in [0.15, 0.2) is 122 Å². The van der Waals surface area contributed by atoms with E-state index in [1.807, 2.05) is 0 Å². The van der Waals surface area contributed by atoms with Crippen LogP contribution >= 0.6 is 0 Å². The number of carbonyl (C=O) groups is 1. The van der Waals surface area contributed by atoms with Gasteiger partial charge >= 0.3 is 0 Å². The molecule has 0 aromatic heterocycles. The van der Waals surface area contributed by atoms with E-state index in [0.717, 1.165) is 122 Å². The van der Waals surface area contributed by atoms with Gasteiger partial charge in [-0.3, -0.25) is 4.79 Å². The van der Waals surface area contributed by atoms with Gasteiger partial charge in [0.2, 0.25) is 5.91 Å². The quantitative estimate of drug-likeness (QED) is 0.0261. The Morgan fingerprint density at radius 1 is 0.507 bits per heavy atom. The van der Waals surface area contributed by atoms with Gasteiger partial charge in [-0.05, 0) is 89.9 Å². The van der Waals surface area contributed by atoms with Crippen molar-refractivity contribution in [3.05, 3.63) is 122 Å². The number of ether oxygens (including phenoxy) is 2. The van der Waals surface area contributed by atoms with Crippen molar-refractivity contribution >= 4 is 5.91 Å². The monoisotopic (exact) mass is 962 g/mol. The Hall–Kier alpha value is -3.41. The molecule has 0 radical (unpaired) electrons. The van der Waals surface area contributed by atoms with Crippen LogP contribution in [-0.4, -0.2) is 87.5 Å². The number of carbonyl (C=O) groups excluding carboxylic acids is 1. The van der Waals surface area contributed by atoms with E-state index in [2.05, 4.69) is 141 Å². The fourth-order valence-electron chi connectivity index (χ4n) is 7.78. The van der Waals surface area contributed by atoms with E-state index in [-0.39, 0.29) is 12.5 Å². The van der Waals surface area contributed by atoms with Gasteiger partial charge in [0, 0.05) is 6.42 Å². The molecule has 0 bridgehead atoms. The smallest absolute Gasteiger partial charge is 0.220 e. The third kappa shape index (κ3) is 38.0. The van der Waals surface area contributed by atoms with Gasteiger partial charge in [0.1, 0.15) is 24.4 Å². The standard InChI is InChI=1S/C60H99NO8/c1-3-5-7-9-10-11-12-13-14-15-16-17-18-19-20-21-22-23-24-25-26-27-28-29-30-31-32-33-34-35-36-37-38-39-40-41-42-43-44-46-48-50-56(64)61-53(54(63)49-47-45-8-6-4-2)52-68-60-59(67)58(66)57(65)55(51-62)69-60/h5,7,10-11,13-14,16-17,19-20,22-23,25-26,28-29,31-32,34-35,53-55,57-60,62-63,65-67H,3-4,6,8-9,12,15,18,21,24,27,30,33,36-52H2,1-2H3,(H,61,64)/b7-5-,11-10-,14-13-,17-16-,20-19-,23-22-,26-25-,29-28-,32-31-,35-34-. The number of aliphatic hydroxyl groups is 5. The second kappa shape index (κ2) is 48.2. The molecule has 69 heavy (non-hydrogen) atoms. The number of rotatable bonds is 44. The lowest BCUT2D eigenvalue weighted by Crippen LogP contribution is -2.60. The average molecular weight is 962 g/mol. The van der Waals surface area contributed by atoms with Crippen molar-refractivity contribution in [2.24, 2.45) is 0 Å². The summed E-state index contributed by atoms with van der Waals surface area (Å²) in [5.74, 6) is -0.162. The molecule has 1 rings (SSSR count). The zero-order chi connectivity index (χ0) is 50.1. The predicted molar refractivity (Wildman–Crippen MR) is 290 cm³/mol. The molecule has 0 aromatic carbocycles. The van der Waals surface area contributed by atoms with Gasteiger partial charge in [-0.15, -0.1) is 0 Å². The largest absolute Gasteiger partial charge is 0.394 e. The SMILES string of the molecule is CC/C=C\C/C=C\C/C=C\C/C=C\C/C=C\C/C=C\C/C=C\C/C=C\C/C=C\C/C=C\CCCCCCCCCCCCC(=O)NC(COC1OC(CO)C(O)C(O)C1O)C(O)CCCCCCC. The predicted octanol–water partition coefficient (Wildman–Crippen LogP) is 13.2. The van der Waals surface area contributed by atoms with Gasteiger partial charge in [-0.1, -0.05) is 219 Å². The molecule has 1 aliphatic heterocycles. The first-order valence-electron chi connectivity index (χ1n) is 27.2. The summed E-state index contributed by atoms with van der Waals surface area (Å²) in [5.41, 5.74) is 0. The molecule has 7 unspecified atom stereocenters. The first kappa shape index (κ1) is 63.6. The maximum atomic E-state index is 12.9. The lowest BCUT2D eigenvalue weighted by molar-refractivity contribution is -0.302. The molecule has 0 saturated carbocycles. The van der Waals surface area contributed by atoms with Gasteiger partial charge in [-0.25, -0.2) is 0 Å². The van der Waals surface area contributed by atoms with Crippen molar-refractivity contribution in [2.75, 3.05) is 13.2 Å². The summed E-state index contributed by atoms with van der Waals surface area (Å²) < 4.78 is 11.2. The molecular formula is C60H99NO8. The van der Waals surface area contributed by atoms with E-state index in [1.54, 1.807) is 0 Å². The normalized spacial score (nSPS) is 20.5. The summed E-state index contributed by atoms with van der Waals surface area (Å²) in [6, 6.07) is -0.724. The fourth-order valence-corrected chi connectivity index (χ4v) is 7.78. The third-order valence-corrected chi connectivity index (χ3v) is 12.1. The second-order valence-electron chi connectivity index (χ2n) is 18.3. The summed E-state index contributed by atoms with van der Waals surface area (Å²) >= 11 is 0. The van der Waals surface area contributed by atoms with Crippen LogP contribution in [0.4, 0.5) is 0 Å². The summed E-state index contributed by atoms with van der Waals surface area (Å²) in [5, 5.41) is 54.0. The van der Waals surface area contributed by atoms with E-state index in [0.29, 0.717) is 12.8 Å². The lowest BCUT2D eigenvalue weighted by Gasteiger charge is -2.40. The van der Waals surface area contributed by atoms with Crippen LogP contribution in [0.2, 0.25) is 0 Å². The number of aliphatic hydroxyl groups excluding tert-OH is 5. The fraction of sp³-hybridized carbons (Fsp3) is 0.650. The van der Waals surface area contributed by atoms with Crippen LogP contribution in [0.3, 0.4) is 0 Å². The van der Waals surface area contributed by atoms with E-state index >= 15 is 0 Å². The zero-order valence-corrected chi connectivity index (χ0v) is 43.3. The highest BCUT2D eigenvalue weighted by molar-refractivity contribution is 5.76. The molecule has 1 amide bonds. The minimum Gasteiger partial charge on any atom is -0.394 e. The molecule has 1 saturated heterocycles. The van der Waals surface area contributed by atoms with Crippen LogP contribution < -0.4 is 5.32 Å². The minimum atomic E-state index is -1.56. The summed E-state index contributed by atoms with van der Waals surface area (Å²) in [6.45, 7) is 3.60. The summed E-state index contributed by atoms with van der Waals surface area (Å²) in [4.78, 5) is 12.9. The van der Waals surface area contributed by atoms with Crippen LogP contribution in [0.1, 0.15) is 194 Å². The first-order chi connectivity index (χ1) is 33.8. The molecule has 0 spiro atoms. The number of hydrogen-bond acceptors (Lipinski definition) is 8. The van der Waals surface area contributed by atoms with Crippen molar-refractivity contribution in [3.8, 4) is 0 Å². The van der Waals surface area contributed by atoms with E-state index < -0.39 is 49.5 Å². The lowest BCUT2D eigenvalue weighted by atomic mass is 9.99. The molecular weight excluding hydrogens is 863 g/mol. The highest BCUT2D eigenvalue weighted by Gasteiger charge is 2.44. The molecule has 1 fully saturated rings. The molecule has 1 heterocycles. The van der Waals surface area contributed by atoms with Gasteiger partial charge in [0.05, 0.1) is 25.4 Å². The van der Waals surface area contributed by atoms with Crippen molar-refractivity contribution in [1.29, 1.82) is 0 Å². The van der Waals surface area contributed by atoms with Crippen molar-refractivity contribution in [2.45, 2.75) is 236 Å². The molecule has 7 atom stereocenters. The second-order valence-corrected chi connectivity index (χ2v) is 18.3. The van der Waals surface area contributed by atoms with Crippen LogP contribution in [-0.2, 0) is 14.3 Å². The van der Waals surface area contributed by atoms with Crippen LogP contribution in [0.5, 0.6) is 0 Å². The van der Waals surface area contributed by atoms with Crippen molar-refractivity contribution in [3.63, 3.8) is 0 Å². The number of allylic oxidation sites excluding steroid dienone is 20. The van der Waals surface area contributed by atoms with E-state index in [4.69, 9.17) is 9.47 Å². The maximum absolute atomic E-state index is 12.9. The van der Waals surface area contributed by atoms with Gasteiger partial charge in [0.15, 0.2) is 6.29 Å². The molecule has 9 heteroatoms. The van der Waals surface area contributed by atoms with Gasteiger partial charge in [-0.2, -0.15) is 0 Å². The van der Waals surface area contributed by atoms with Gasteiger partial charge < -0.3 is 40.3 Å². The first-order valence-corrected chi connectivity index (χ1v) is 27.2. The molecule has 392 valence electrons.